The quantitative estimate of drug-likeness (QED) is 0.622. The topological polar surface area (TPSA) is 74.7 Å². The Morgan fingerprint density at radius 2 is 1.95 bits per heavy atom. The van der Waals surface area contributed by atoms with E-state index < -0.39 is 27.4 Å². The van der Waals surface area contributed by atoms with Crippen LogP contribution in [0.2, 0.25) is 0 Å². The van der Waals surface area contributed by atoms with E-state index in [1.807, 2.05) is 0 Å². The molecule has 0 saturated carbocycles. The zero-order valence-corrected chi connectivity index (χ0v) is 12.0. The van der Waals surface area contributed by atoms with Gasteiger partial charge in [0, 0.05) is 24.5 Å². The van der Waals surface area contributed by atoms with Crippen LogP contribution in [0.4, 0.5) is 5.69 Å². The molecule has 19 heavy (non-hydrogen) atoms. The van der Waals surface area contributed by atoms with Gasteiger partial charge in [0.05, 0.1) is 5.69 Å². The molecule has 5 nitrogen and oxygen atoms in total. The Kier molecular flexibility index (Phi) is 3.10. The Bertz CT molecular complexity index is 606. The van der Waals surface area contributed by atoms with Gasteiger partial charge in [-0.3, -0.25) is 13.8 Å². The number of para-hydroxylation sites is 1. The van der Waals surface area contributed by atoms with Gasteiger partial charge in [-0.1, -0.05) is 25.1 Å². The second-order valence-corrected chi connectivity index (χ2v) is 7.90. The first kappa shape index (κ1) is 13.9. The predicted molar refractivity (Wildman–Crippen MR) is 74.5 cm³/mol. The summed E-state index contributed by atoms with van der Waals surface area (Å²) in [6.45, 7) is 1.58. The lowest BCUT2D eigenvalue weighted by Gasteiger charge is -2.28. The molecule has 1 aliphatic rings. The maximum Gasteiger partial charge on any atom is 0.282 e. The summed E-state index contributed by atoms with van der Waals surface area (Å²) >= 11 is 0. The third-order valence-electron chi connectivity index (χ3n) is 3.23. The van der Waals surface area contributed by atoms with E-state index in [1.165, 1.54) is 18.6 Å². The molecule has 0 bridgehead atoms. The third kappa shape index (κ3) is 1.82. The zero-order valence-electron chi connectivity index (χ0n) is 11.1. The van der Waals surface area contributed by atoms with Gasteiger partial charge in [0.25, 0.3) is 5.91 Å². The number of aliphatic hydroxyl groups is 1. The van der Waals surface area contributed by atoms with Crippen LogP contribution in [0.1, 0.15) is 18.9 Å². The molecule has 1 atom stereocenters. The van der Waals surface area contributed by atoms with Gasteiger partial charge in [0.15, 0.2) is 5.78 Å². The van der Waals surface area contributed by atoms with Crippen molar-refractivity contribution in [1.29, 1.82) is 0 Å². The van der Waals surface area contributed by atoms with Crippen LogP contribution in [0.5, 0.6) is 0 Å². The maximum absolute atomic E-state index is 12.4. The van der Waals surface area contributed by atoms with Gasteiger partial charge >= 0.3 is 0 Å². The van der Waals surface area contributed by atoms with Crippen LogP contribution in [-0.4, -0.2) is 33.5 Å². The number of rotatable bonds is 3. The van der Waals surface area contributed by atoms with E-state index in [4.69, 9.17) is 0 Å². The predicted octanol–water partition coefficient (Wildman–Crippen LogP) is 0.391. The van der Waals surface area contributed by atoms with Crippen molar-refractivity contribution in [1.82, 2.24) is 0 Å². The standard InChI is InChI=1S/C13H17NO4S/c1-4-11(15)13(17)9-7-5-6-8-10(9)14(12(13)16)19(2,3)18/h5-8,17,19H,4H2,1-3H3. The van der Waals surface area contributed by atoms with E-state index in [0.717, 1.165) is 4.31 Å². The van der Waals surface area contributed by atoms with Gasteiger partial charge in [-0.25, -0.2) is 4.31 Å². The Hall–Kier alpha value is -1.53. The molecule has 1 N–H and O–H groups in total. The molecule has 0 radical (unpaired) electrons. The maximum atomic E-state index is 12.4. The molecular weight excluding hydrogens is 266 g/mol. The summed E-state index contributed by atoms with van der Waals surface area (Å²) in [6, 6.07) is 6.43. The Balaban J connectivity index is 2.73. The third-order valence-corrected chi connectivity index (χ3v) is 4.59. The summed E-state index contributed by atoms with van der Waals surface area (Å²) in [5, 5.41) is 10.6. The lowest BCUT2D eigenvalue weighted by atomic mass is 9.89. The van der Waals surface area contributed by atoms with Crippen LogP contribution in [0, 0.1) is 0 Å². The summed E-state index contributed by atoms with van der Waals surface area (Å²) in [4.78, 5) is 24.4. The highest BCUT2D eigenvalue weighted by atomic mass is 32.3. The van der Waals surface area contributed by atoms with E-state index in [0.29, 0.717) is 5.69 Å². The number of nitrogens with zero attached hydrogens (tertiary/aromatic N) is 1. The SMILES string of the molecule is CCC(=O)C1(O)C(=O)N([SH](C)(C)=O)c2ccccc21. The second kappa shape index (κ2) is 4.25. The van der Waals surface area contributed by atoms with Crippen molar-refractivity contribution in [2.75, 3.05) is 16.8 Å². The van der Waals surface area contributed by atoms with Crippen molar-refractivity contribution in [3.05, 3.63) is 29.8 Å². The number of thiol groups is 1. The van der Waals surface area contributed by atoms with Crippen LogP contribution >= 0.6 is 0 Å². The van der Waals surface area contributed by atoms with Gasteiger partial charge < -0.3 is 5.11 Å². The molecule has 1 aliphatic heterocycles. The van der Waals surface area contributed by atoms with Crippen LogP contribution in [0.15, 0.2) is 24.3 Å². The summed E-state index contributed by atoms with van der Waals surface area (Å²) in [7, 11) is -2.96. The lowest BCUT2D eigenvalue weighted by molar-refractivity contribution is -0.149. The van der Waals surface area contributed by atoms with Gasteiger partial charge in [-0.15, -0.1) is 0 Å². The first-order chi connectivity index (χ1) is 8.74. The minimum absolute atomic E-state index is 0.0299. The molecule has 1 aromatic carbocycles. The number of carbonyl (C=O) groups is 2. The molecule has 6 heteroatoms. The molecule has 0 aromatic heterocycles. The van der Waals surface area contributed by atoms with E-state index in [2.05, 4.69) is 0 Å². The molecule has 0 aliphatic carbocycles. The molecule has 0 spiro atoms. The van der Waals surface area contributed by atoms with Crippen LogP contribution in [0.3, 0.4) is 0 Å². The molecule has 2 rings (SSSR count). The van der Waals surface area contributed by atoms with Crippen molar-refractivity contribution < 1.29 is 18.9 Å². The van der Waals surface area contributed by atoms with Crippen molar-refractivity contribution in [2.45, 2.75) is 18.9 Å². The number of amides is 1. The first-order valence-corrected chi connectivity index (χ1v) is 8.55. The zero-order chi connectivity index (χ0) is 14.4. The number of hydrogen-bond acceptors (Lipinski definition) is 4. The Morgan fingerprint density at radius 1 is 1.37 bits per heavy atom. The van der Waals surface area contributed by atoms with Crippen molar-refractivity contribution in [3.63, 3.8) is 0 Å². The summed E-state index contributed by atoms with van der Waals surface area (Å²) in [5.74, 6) is -1.39. The number of carbonyl (C=O) groups excluding carboxylic acids is 2. The number of Topliss-reactive ketones (excluding diaryl/α,β-unsaturated/α-hetero) is 1. The van der Waals surface area contributed by atoms with E-state index in [1.54, 1.807) is 25.1 Å². The van der Waals surface area contributed by atoms with Crippen molar-refractivity contribution >= 4 is 27.5 Å². The fraction of sp³-hybridized carbons (Fsp3) is 0.385. The Morgan fingerprint density at radius 3 is 2.47 bits per heavy atom. The normalized spacial score (nSPS) is 23.4. The van der Waals surface area contributed by atoms with Crippen molar-refractivity contribution in [3.8, 4) is 0 Å². The van der Waals surface area contributed by atoms with Gasteiger partial charge in [-0.05, 0) is 16.2 Å². The highest BCUT2D eigenvalue weighted by molar-refractivity contribution is 8.03. The van der Waals surface area contributed by atoms with E-state index >= 15 is 0 Å². The molecule has 1 amide bonds. The minimum Gasteiger partial charge on any atom is -0.369 e. The smallest absolute Gasteiger partial charge is 0.282 e. The molecule has 1 heterocycles. The second-order valence-electron chi connectivity index (χ2n) is 4.92. The van der Waals surface area contributed by atoms with Crippen LogP contribution in [0.25, 0.3) is 0 Å². The highest BCUT2D eigenvalue weighted by Gasteiger charge is 2.55. The molecular formula is C13H17NO4S. The lowest BCUT2D eigenvalue weighted by Crippen LogP contribution is -2.49. The van der Waals surface area contributed by atoms with E-state index in [-0.39, 0.29) is 12.0 Å². The number of benzene rings is 1. The number of fused-ring (bicyclic) bond motifs is 1. The average Bonchev–Trinajstić information content (AvgIpc) is 2.58. The van der Waals surface area contributed by atoms with Crippen LogP contribution < -0.4 is 4.31 Å². The molecule has 0 fully saturated rings. The molecule has 0 saturated heterocycles. The fourth-order valence-corrected chi connectivity index (χ4v) is 3.62. The number of hydrogen-bond donors (Lipinski definition) is 2. The monoisotopic (exact) mass is 283 g/mol. The molecule has 104 valence electrons. The van der Waals surface area contributed by atoms with E-state index in [9.17, 15) is 18.9 Å². The van der Waals surface area contributed by atoms with Crippen molar-refractivity contribution in [2.24, 2.45) is 0 Å². The summed E-state index contributed by atoms with van der Waals surface area (Å²) in [6.07, 6.45) is 2.90. The van der Waals surface area contributed by atoms with Gasteiger partial charge in [-0.2, -0.15) is 0 Å². The summed E-state index contributed by atoms with van der Waals surface area (Å²) in [5.41, 5.74) is -1.63. The Labute approximate surface area is 112 Å². The minimum atomic E-state index is -2.96. The molecule has 1 unspecified atom stereocenters. The summed E-state index contributed by atoms with van der Waals surface area (Å²) < 4.78 is 13.3. The fourth-order valence-electron chi connectivity index (χ4n) is 2.35. The van der Waals surface area contributed by atoms with Gasteiger partial charge in [0.2, 0.25) is 5.60 Å². The largest absolute Gasteiger partial charge is 0.369 e. The number of anilines is 1. The first-order valence-electron chi connectivity index (χ1n) is 5.99. The highest BCUT2D eigenvalue weighted by Crippen LogP contribution is 2.43. The van der Waals surface area contributed by atoms with Gasteiger partial charge in [0.1, 0.15) is 0 Å². The molecule has 1 aromatic rings. The number of ketones is 1. The average molecular weight is 283 g/mol. The van der Waals surface area contributed by atoms with Crippen LogP contribution in [-0.2, 0) is 25.3 Å².